The van der Waals surface area contributed by atoms with Crippen molar-refractivity contribution < 1.29 is 14.7 Å². The summed E-state index contributed by atoms with van der Waals surface area (Å²) in [6.07, 6.45) is 2.30. The maximum Gasteiger partial charge on any atom is 0.326 e. The fourth-order valence-electron chi connectivity index (χ4n) is 3.12. The molecule has 1 amide bonds. The summed E-state index contributed by atoms with van der Waals surface area (Å²) in [5, 5.41) is 12.0. The molecule has 0 aromatic heterocycles. The first-order chi connectivity index (χ1) is 9.73. The van der Waals surface area contributed by atoms with E-state index in [-0.39, 0.29) is 23.8 Å². The summed E-state index contributed by atoms with van der Waals surface area (Å²) < 4.78 is 0. The maximum atomic E-state index is 12.6. The lowest BCUT2D eigenvalue weighted by atomic mass is 9.93. The van der Waals surface area contributed by atoms with Crippen LogP contribution in [0, 0.1) is 17.8 Å². The molecule has 0 aromatic rings. The second-order valence-corrected chi connectivity index (χ2v) is 7.00. The normalized spacial score (nSPS) is 23.1. The Morgan fingerprint density at radius 3 is 2.24 bits per heavy atom. The molecule has 3 atom stereocenters. The van der Waals surface area contributed by atoms with Crippen molar-refractivity contribution in [1.82, 2.24) is 10.2 Å². The van der Waals surface area contributed by atoms with Crippen LogP contribution in [0.15, 0.2) is 0 Å². The van der Waals surface area contributed by atoms with Gasteiger partial charge in [-0.1, -0.05) is 34.6 Å². The van der Waals surface area contributed by atoms with Crippen molar-refractivity contribution in [3.8, 4) is 0 Å². The molecular formula is C16H30N2O3. The highest BCUT2D eigenvalue weighted by atomic mass is 16.4. The summed E-state index contributed by atoms with van der Waals surface area (Å²) in [6.45, 7) is 11.7. The lowest BCUT2D eigenvalue weighted by molar-refractivity contribution is -0.144. The number of hydrogen-bond acceptors (Lipinski definition) is 3. The Bertz CT molecular complexity index is 369. The van der Waals surface area contributed by atoms with E-state index in [0.717, 1.165) is 19.5 Å². The zero-order valence-corrected chi connectivity index (χ0v) is 13.9. The topological polar surface area (TPSA) is 69.6 Å². The number of nitrogens with one attached hydrogen (secondary N) is 1. The predicted molar refractivity (Wildman–Crippen MR) is 83.0 cm³/mol. The number of hydrogen-bond donors (Lipinski definition) is 2. The largest absolute Gasteiger partial charge is 0.480 e. The molecule has 0 radical (unpaired) electrons. The fraction of sp³-hybridized carbons (Fsp3) is 0.875. The number of piperidine rings is 1. The van der Waals surface area contributed by atoms with Gasteiger partial charge in [0.2, 0.25) is 5.91 Å². The van der Waals surface area contributed by atoms with Gasteiger partial charge in [0.1, 0.15) is 6.04 Å². The van der Waals surface area contributed by atoms with Gasteiger partial charge in [0.25, 0.3) is 0 Å². The summed E-state index contributed by atoms with van der Waals surface area (Å²) in [5.41, 5.74) is 0. The van der Waals surface area contributed by atoms with Crippen molar-refractivity contribution in [1.29, 1.82) is 0 Å². The van der Waals surface area contributed by atoms with Crippen molar-refractivity contribution in [3.63, 3.8) is 0 Å². The Kier molecular flexibility index (Phi) is 6.65. The smallest absolute Gasteiger partial charge is 0.326 e. The monoisotopic (exact) mass is 298 g/mol. The summed E-state index contributed by atoms with van der Waals surface area (Å²) in [6, 6.07) is -1.06. The Hall–Kier alpha value is -1.10. The first-order valence-electron chi connectivity index (χ1n) is 8.01. The molecule has 3 unspecified atom stereocenters. The number of amides is 1. The van der Waals surface area contributed by atoms with Gasteiger partial charge in [-0.3, -0.25) is 9.69 Å². The standard InChI is InChI=1S/C16H30N2O3/c1-10(2)13(16(20)21)17-15(19)14(11(3)4)18-8-6-7-12(5)9-18/h10-14H,6-9H2,1-5H3,(H,17,19)(H,20,21). The van der Waals surface area contributed by atoms with Crippen LogP contribution in [-0.2, 0) is 9.59 Å². The van der Waals surface area contributed by atoms with Crippen LogP contribution in [0.1, 0.15) is 47.5 Å². The summed E-state index contributed by atoms with van der Waals surface area (Å²) in [5.74, 6) is -0.488. The average molecular weight is 298 g/mol. The molecular weight excluding hydrogens is 268 g/mol. The van der Waals surface area contributed by atoms with E-state index in [1.54, 1.807) is 0 Å². The van der Waals surface area contributed by atoms with Crippen molar-refractivity contribution in [2.45, 2.75) is 59.5 Å². The Morgan fingerprint density at radius 1 is 1.19 bits per heavy atom. The third-order valence-corrected chi connectivity index (χ3v) is 4.21. The highest BCUT2D eigenvalue weighted by Gasteiger charge is 2.34. The zero-order chi connectivity index (χ0) is 16.2. The van der Waals surface area contributed by atoms with Crippen LogP contribution in [0.3, 0.4) is 0 Å². The second kappa shape index (κ2) is 7.78. The maximum absolute atomic E-state index is 12.6. The van der Waals surface area contributed by atoms with Crippen LogP contribution < -0.4 is 5.32 Å². The molecule has 1 aliphatic rings. The predicted octanol–water partition coefficient (Wildman–Crippen LogP) is 1.97. The molecule has 1 heterocycles. The molecule has 0 aromatic carbocycles. The van der Waals surface area contributed by atoms with Gasteiger partial charge in [0, 0.05) is 6.54 Å². The number of carbonyl (C=O) groups is 2. The van der Waals surface area contributed by atoms with Crippen LogP contribution in [0.25, 0.3) is 0 Å². The van der Waals surface area contributed by atoms with Gasteiger partial charge in [0.05, 0.1) is 6.04 Å². The summed E-state index contributed by atoms with van der Waals surface area (Å²) >= 11 is 0. The van der Waals surface area contributed by atoms with E-state index in [2.05, 4.69) is 17.1 Å². The molecule has 2 N–H and O–H groups in total. The van der Waals surface area contributed by atoms with E-state index < -0.39 is 12.0 Å². The Morgan fingerprint density at radius 2 is 1.81 bits per heavy atom. The first-order valence-corrected chi connectivity index (χ1v) is 8.01. The molecule has 122 valence electrons. The van der Waals surface area contributed by atoms with Gasteiger partial charge >= 0.3 is 5.97 Å². The highest BCUT2D eigenvalue weighted by molar-refractivity contribution is 5.87. The highest BCUT2D eigenvalue weighted by Crippen LogP contribution is 2.21. The van der Waals surface area contributed by atoms with Crippen molar-refractivity contribution in [2.75, 3.05) is 13.1 Å². The van der Waals surface area contributed by atoms with E-state index >= 15 is 0 Å². The number of likely N-dealkylation sites (tertiary alicyclic amines) is 1. The molecule has 0 aliphatic carbocycles. The van der Waals surface area contributed by atoms with Crippen LogP contribution >= 0.6 is 0 Å². The molecule has 1 saturated heterocycles. The minimum Gasteiger partial charge on any atom is -0.480 e. The average Bonchev–Trinajstić information content (AvgIpc) is 2.35. The second-order valence-electron chi connectivity index (χ2n) is 7.00. The minimum atomic E-state index is -0.965. The number of carbonyl (C=O) groups excluding carboxylic acids is 1. The third kappa shape index (κ3) is 4.99. The van der Waals surface area contributed by atoms with Crippen molar-refractivity contribution in [3.05, 3.63) is 0 Å². The van der Waals surface area contributed by atoms with E-state index in [1.807, 2.05) is 27.7 Å². The van der Waals surface area contributed by atoms with Gasteiger partial charge in [-0.15, -0.1) is 0 Å². The van der Waals surface area contributed by atoms with Gasteiger partial charge < -0.3 is 10.4 Å². The van der Waals surface area contributed by atoms with Crippen LogP contribution in [-0.4, -0.2) is 47.1 Å². The molecule has 1 fully saturated rings. The number of carboxylic acids is 1. The zero-order valence-electron chi connectivity index (χ0n) is 13.9. The van der Waals surface area contributed by atoms with Crippen LogP contribution in [0.5, 0.6) is 0 Å². The van der Waals surface area contributed by atoms with Gasteiger partial charge in [-0.05, 0) is 37.1 Å². The molecule has 1 rings (SSSR count). The van der Waals surface area contributed by atoms with Crippen LogP contribution in [0.2, 0.25) is 0 Å². The molecule has 0 saturated carbocycles. The van der Waals surface area contributed by atoms with Gasteiger partial charge in [-0.2, -0.15) is 0 Å². The number of nitrogens with zero attached hydrogens (tertiary/aromatic N) is 1. The Balaban J connectivity index is 2.80. The SMILES string of the molecule is CC1CCCN(C(C(=O)NC(C(=O)O)C(C)C)C(C)C)C1. The van der Waals surface area contributed by atoms with Gasteiger partial charge in [0.15, 0.2) is 0 Å². The molecule has 21 heavy (non-hydrogen) atoms. The quantitative estimate of drug-likeness (QED) is 0.786. The lowest BCUT2D eigenvalue weighted by Gasteiger charge is -2.39. The number of rotatable bonds is 6. The Labute approximate surface area is 128 Å². The number of carboxylic acid groups (broad SMARTS) is 1. The van der Waals surface area contributed by atoms with E-state index in [0.29, 0.717) is 5.92 Å². The van der Waals surface area contributed by atoms with E-state index in [9.17, 15) is 14.7 Å². The van der Waals surface area contributed by atoms with Crippen molar-refractivity contribution in [2.24, 2.45) is 17.8 Å². The van der Waals surface area contributed by atoms with E-state index in [1.165, 1.54) is 6.42 Å². The third-order valence-electron chi connectivity index (χ3n) is 4.21. The summed E-state index contributed by atoms with van der Waals surface area (Å²) in [7, 11) is 0. The number of aliphatic carboxylic acids is 1. The van der Waals surface area contributed by atoms with E-state index in [4.69, 9.17) is 0 Å². The van der Waals surface area contributed by atoms with Gasteiger partial charge in [-0.25, -0.2) is 4.79 Å². The minimum absolute atomic E-state index is 0.125. The first kappa shape index (κ1) is 18.0. The fourth-order valence-corrected chi connectivity index (χ4v) is 3.12. The lowest BCUT2D eigenvalue weighted by Crippen LogP contribution is -2.56. The molecule has 5 nitrogen and oxygen atoms in total. The molecule has 1 aliphatic heterocycles. The molecule has 5 heteroatoms. The van der Waals surface area contributed by atoms with Crippen LogP contribution in [0.4, 0.5) is 0 Å². The summed E-state index contributed by atoms with van der Waals surface area (Å²) in [4.78, 5) is 26.1. The molecule has 0 spiro atoms. The van der Waals surface area contributed by atoms with Crippen molar-refractivity contribution >= 4 is 11.9 Å². The molecule has 0 bridgehead atoms.